The number of aromatic nitrogens is 2. The SMILES string of the molecule is N#Cc1ccccc1CN1CCN(c2cnccn2)CC1. The summed E-state index contributed by atoms with van der Waals surface area (Å²) in [6.45, 7) is 4.64. The van der Waals surface area contributed by atoms with Crippen LogP contribution in [0.4, 0.5) is 5.82 Å². The van der Waals surface area contributed by atoms with Crippen LogP contribution in [0.5, 0.6) is 0 Å². The monoisotopic (exact) mass is 279 g/mol. The number of piperazine rings is 1. The lowest BCUT2D eigenvalue weighted by Gasteiger charge is -2.35. The molecule has 5 heteroatoms. The minimum Gasteiger partial charge on any atom is -0.353 e. The maximum atomic E-state index is 9.15. The van der Waals surface area contributed by atoms with E-state index < -0.39 is 0 Å². The van der Waals surface area contributed by atoms with Crippen LogP contribution in [0, 0.1) is 11.3 Å². The van der Waals surface area contributed by atoms with E-state index in [-0.39, 0.29) is 0 Å². The molecule has 21 heavy (non-hydrogen) atoms. The molecule has 106 valence electrons. The smallest absolute Gasteiger partial charge is 0.147 e. The second-order valence-electron chi connectivity index (χ2n) is 5.10. The Labute approximate surface area is 124 Å². The van der Waals surface area contributed by atoms with Gasteiger partial charge >= 0.3 is 0 Å². The fraction of sp³-hybridized carbons (Fsp3) is 0.312. The second-order valence-corrected chi connectivity index (χ2v) is 5.10. The van der Waals surface area contributed by atoms with Crippen molar-refractivity contribution < 1.29 is 0 Å². The minimum absolute atomic E-state index is 0.772. The predicted octanol–water partition coefficient (Wildman–Crippen LogP) is 1.67. The Morgan fingerprint density at radius 3 is 2.62 bits per heavy atom. The average molecular weight is 279 g/mol. The number of anilines is 1. The summed E-state index contributed by atoms with van der Waals surface area (Å²) in [6.07, 6.45) is 5.23. The highest BCUT2D eigenvalue weighted by Crippen LogP contribution is 2.15. The Morgan fingerprint density at radius 1 is 1.10 bits per heavy atom. The second kappa shape index (κ2) is 6.33. The first kappa shape index (κ1) is 13.5. The lowest BCUT2D eigenvalue weighted by Crippen LogP contribution is -2.46. The Balaban J connectivity index is 1.60. The topological polar surface area (TPSA) is 56.1 Å². The summed E-state index contributed by atoms with van der Waals surface area (Å²) >= 11 is 0. The van der Waals surface area contributed by atoms with Crippen molar-refractivity contribution in [2.45, 2.75) is 6.54 Å². The van der Waals surface area contributed by atoms with Gasteiger partial charge in [0, 0.05) is 45.1 Å². The fourth-order valence-electron chi connectivity index (χ4n) is 2.60. The molecular weight excluding hydrogens is 262 g/mol. The van der Waals surface area contributed by atoms with Gasteiger partial charge in [-0.3, -0.25) is 9.88 Å². The van der Waals surface area contributed by atoms with Crippen LogP contribution in [-0.4, -0.2) is 41.0 Å². The number of benzene rings is 1. The van der Waals surface area contributed by atoms with Crippen molar-refractivity contribution in [3.63, 3.8) is 0 Å². The molecule has 1 aromatic heterocycles. The van der Waals surface area contributed by atoms with Gasteiger partial charge in [0.1, 0.15) is 5.82 Å². The molecule has 0 amide bonds. The summed E-state index contributed by atoms with van der Waals surface area (Å²) in [5.74, 6) is 0.939. The number of nitrogens with zero attached hydrogens (tertiary/aromatic N) is 5. The van der Waals surface area contributed by atoms with Crippen molar-refractivity contribution in [3.05, 3.63) is 54.0 Å². The molecule has 0 unspecified atom stereocenters. The molecule has 1 aliphatic rings. The third-order valence-corrected chi connectivity index (χ3v) is 3.78. The number of hydrogen-bond donors (Lipinski definition) is 0. The molecule has 3 rings (SSSR count). The van der Waals surface area contributed by atoms with Gasteiger partial charge in [0.15, 0.2) is 0 Å². The number of nitriles is 1. The van der Waals surface area contributed by atoms with E-state index >= 15 is 0 Å². The van der Waals surface area contributed by atoms with Gasteiger partial charge in [-0.15, -0.1) is 0 Å². The van der Waals surface area contributed by atoms with E-state index in [1.54, 1.807) is 18.6 Å². The van der Waals surface area contributed by atoms with Crippen LogP contribution in [0.2, 0.25) is 0 Å². The van der Waals surface area contributed by atoms with E-state index in [2.05, 4.69) is 25.8 Å². The van der Waals surface area contributed by atoms with Gasteiger partial charge in [0.25, 0.3) is 0 Å². The van der Waals surface area contributed by atoms with Crippen molar-refractivity contribution in [1.29, 1.82) is 5.26 Å². The molecular formula is C16H17N5. The zero-order valence-corrected chi connectivity index (χ0v) is 11.8. The van der Waals surface area contributed by atoms with Gasteiger partial charge < -0.3 is 4.90 Å². The molecule has 0 saturated carbocycles. The van der Waals surface area contributed by atoms with Crippen molar-refractivity contribution in [2.24, 2.45) is 0 Å². The Kier molecular flexibility index (Phi) is 4.08. The highest BCUT2D eigenvalue weighted by Gasteiger charge is 2.18. The summed E-state index contributed by atoms with van der Waals surface area (Å²) in [7, 11) is 0. The molecule has 0 radical (unpaired) electrons. The van der Waals surface area contributed by atoms with Crippen LogP contribution in [0.25, 0.3) is 0 Å². The molecule has 2 aromatic rings. The third-order valence-electron chi connectivity index (χ3n) is 3.78. The largest absolute Gasteiger partial charge is 0.353 e. The summed E-state index contributed by atoms with van der Waals surface area (Å²) in [6, 6.07) is 10.1. The van der Waals surface area contributed by atoms with E-state index in [9.17, 15) is 0 Å². The summed E-state index contributed by atoms with van der Waals surface area (Å²) in [5, 5.41) is 9.15. The van der Waals surface area contributed by atoms with Crippen molar-refractivity contribution in [1.82, 2.24) is 14.9 Å². The minimum atomic E-state index is 0.772. The van der Waals surface area contributed by atoms with Crippen LogP contribution in [0.1, 0.15) is 11.1 Å². The maximum Gasteiger partial charge on any atom is 0.147 e. The third kappa shape index (κ3) is 3.18. The molecule has 0 spiro atoms. The van der Waals surface area contributed by atoms with E-state index in [1.807, 2.05) is 24.3 Å². The molecule has 1 saturated heterocycles. The Bertz CT molecular complexity index is 627. The molecule has 2 heterocycles. The van der Waals surface area contributed by atoms with Gasteiger partial charge in [0.2, 0.25) is 0 Å². The molecule has 5 nitrogen and oxygen atoms in total. The van der Waals surface area contributed by atoms with Crippen LogP contribution >= 0.6 is 0 Å². The first-order valence-corrected chi connectivity index (χ1v) is 7.08. The van der Waals surface area contributed by atoms with Gasteiger partial charge in [-0.1, -0.05) is 18.2 Å². The van der Waals surface area contributed by atoms with E-state index in [1.165, 1.54) is 0 Å². The van der Waals surface area contributed by atoms with Gasteiger partial charge in [-0.2, -0.15) is 5.26 Å². The van der Waals surface area contributed by atoms with Crippen molar-refractivity contribution in [3.8, 4) is 6.07 Å². The lowest BCUT2D eigenvalue weighted by atomic mass is 10.1. The number of hydrogen-bond acceptors (Lipinski definition) is 5. The van der Waals surface area contributed by atoms with E-state index in [4.69, 9.17) is 5.26 Å². The van der Waals surface area contributed by atoms with Crippen LogP contribution in [0.3, 0.4) is 0 Å². The molecule has 1 aliphatic heterocycles. The standard InChI is InChI=1S/C16H17N5/c17-11-14-3-1-2-4-15(14)13-20-7-9-21(10-8-20)16-12-18-5-6-19-16/h1-6,12H,7-10,13H2. The van der Waals surface area contributed by atoms with Crippen LogP contribution in [-0.2, 0) is 6.54 Å². The molecule has 0 aliphatic carbocycles. The van der Waals surface area contributed by atoms with Gasteiger partial charge in [-0.05, 0) is 11.6 Å². The predicted molar refractivity (Wildman–Crippen MR) is 80.7 cm³/mol. The highest BCUT2D eigenvalue weighted by molar-refractivity contribution is 5.38. The molecule has 1 fully saturated rings. The molecule has 0 atom stereocenters. The normalized spacial score (nSPS) is 15.7. The zero-order valence-electron chi connectivity index (χ0n) is 11.8. The first-order chi connectivity index (χ1) is 10.4. The lowest BCUT2D eigenvalue weighted by molar-refractivity contribution is 0.249. The summed E-state index contributed by atoms with van der Waals surface area (Å²) < 4.78 is 0. The summed E-state index contributed by atoms with van der Waals surface area (Å²) in [5.41, 5.74) is 1.88. The van der Waals surface area contributed by atoms with Gasteiger partial charge in [0.05, 0.1) is 17.8 Å². The average Bonchev–Trinajstić information content (AvgIpc) is 2.57. The van der Waals surface area contributed by atoms with Crippen LogP contribution < -0.4 is 4.90 Å². The number of rotatable bonds is 3. The fourth-order valence-corrected chi connectivity index (χ4v) is 2.60. The zero-order chi connectivity index (χ0) is 14.5. The maximum absolute atomic E-state index is 9.15. The summed E-state index contributed by atoms with van der Waals surface area (Å²) in [4.78, 5) is 13.1. The Morgan fingerprint density at radius 2 is 1.90 bits per heavy atom. The van der Waals surface area contributed by atoms with Gasteiger partial charge in [-0.25, -0.2) is 4.98 Å². The molecule has 0 bridgehead atoms. The molecule has 0 N–H and O–H groups in total. The van der Waals surface area contributed by atoms with E-state index in [0.717, 1.165) is 49.7 Å². The Hall–Kier alpha value is -2.45. The molecule has 1 aromatic carbocycles. The van der Waals surface area contributed by atoms with Crippen molar-refractivity contribution in [2.75, 3.05) is 31.1 Å². The van der Waals surface area contributed by atoms with E-state index in [0.29, 0.717) is 0 Å². The van der Waals surface area contributed by atoms with Crippen molar-refractivity contribution >= 4 is 5.82 Å². The quantitative estimate of drug-likeness (QED) is 0.855. The van der Waals surface area contributed by atoms with Crippen LogP contribution in [0.15, 0.2) is 42.9 Å². The highest BCUT2D eigenvalue weighted by atomic mass is 15.3. The first-order valence-electron chi connectivity index (χ1n) is 7.08.